The van der Waals surface area contributed by atoms with Crippen LogP contribution in [0.4, 0.5) is 0 Å². The van der Waals surface area contributed by atoms with Gasteiger partial charge in [0.2, 0.25) is 41.4 Å². The van der Waals surface area contributed by atoms with Gasteiger partial charge in [0, 0.05) is 42.7 Å². The van der Waals surface area contributed by atoms with Gasteiger partial charge in [-0.25, -0.2) is 0 Å². The van der Waals surface area contributed by atoms with Gasteiger partial charge in [-0.05, 0) is 61.4 Å². The SMILES string of the molecule is CC[C@H](C)[C@@H]1NC(=O)[C@@H](Cc2c[nH]c3ccccc23)NC(=O)CCSCCC[C@@H](C(=O)N(C)[C@H](CO)CCCN)NC(=O)[C@H](CC(N)=O)NC(=O)[C@H](C(C)C)NC1=O. The molecule has 3 rings (SSSR count). The molecule has 11 N–H and O–H groups in total. The second kappa shape index (κ2) is 23.7. The summed E-state index contributed by atoms with van der Waals surface area (Å²) in [5.41, 5.74) is 12.8. The van der Waals surface area contributed by atoms with Crippen molar-refractivity contribution in [1.82, 2.24) is 36.5 Å². The first-order valence-electron chi connectivity index (χ1n) is 20.1. The third kappa shape index (κ3) is 14.0. The zero-order chi connectivity index (χ0) is 42.9. The Bertz CT molecular complexity index is 1720. The minimum absolute atomic E-state index is 0.0808. The maximum absolute atomic E-state index is 14.1. The van der Waals surface area contributed by atoms with E-state index in [1.165, 1.54) is 23.7 Å². The Labute approximate surface area is 344 Å². The van der Waals surface area contributed by atoms with E-state index in [9.17, 15) is 38.7 Å². The van der Waals surface area contributed by atoms with Crippen LogP contribution in [0.2, 0.25) is 0 Å². The molecular formula is C40H63N9O8S. The van der Waals surface area contributed by atoms with Crippen LogP contribution >= 0.6 is 11.8 Å². The molecule has 0 radical (unpaired) electrons. The lowest BCUT2D eigenvalue weighted by Gasteiger charge is -2.32. The number of nitrogens with one attached hydrogen (secondary N) is 6. The van der Waals surface area contributed by atoms with Crippen LogP contribution in [0.3, 0.4) is 0 Å². The minimum Gasteiger partial charge on any atom is -0.394 e. The van der Waals surface area contributed by atoms with Gasteiger partial charge in [0.15, 0.2) is 0 Å². The number of rotatable bonds is 13. The Kier molecular flexibility index (Phi) is 19.5. The van der Waals surface area contributed by atoms with Gasteiger partial charge in [0.05, 0.1) is 19.1 Å². The smallest absolute Gasteiger partial charge is 0.245 e. The van der Waals surface area contributed by atoms with Gasteiger partial charge in [0.1, 0.15) is 30.2 Å². The van der Waals surface area contributed by atoms with E-state index in [0.29, 0.717) is 43.7 Å². The van der Waals surface area contributed by atoms with Crippen LogP contribution in [0.25, 0.3) is 10.9 Å². The number of aliphatic hydroxyl groups excluding tert-OH is 1. The van der Waals surface area contributed by atoms with Gasteiger partial charge in [-0.15, -0.1) is 0 Å². The molecule has 58 heavy (non-hydrogen) atoms. The fourth-order valence-electron chi connectivity index (χ4n) is 6.77. The number of aromatic nitrogens is 1. The lowest BCUT2D eigenvalue weighted by molar-refractivity contribution is -0.139. The van der Waals surface area contributed by atoms with Crippen molar-refractivity contribution < 1.29 is 38.7 Å². The summed E-state index contributed by atoms with van der Waals surface area (Å²) in [6.45, 7) is 7.03. The Hall–Kier alpha value is -4.68. The number of aromatic amines is 1. The number of para-hydroxylation sites is 1. The first kappa shape index (κ1) is 47.7. The molecule has 1 aromatic carbocycles. The molecule has 7 atom stereocenters. The van der Waals surface area contributed by atoms with E-state index < -0.39 is 90.0 Å². The van der Waals surface area contributed by atoms with Crippen LogP contribution in [0.1, 0.15) is 78.2 Å². The molecule has 1 aliphatic rings. The summed E-state index contributed by atoms with van der Waals surface area (Å²) in [4.78, 5) is 99.8. The number of H-pyrrole nitrogens is 1. The molecule has 0 bridgehead atoms. The van der Waals surface area contributed by atoms with Crippen molar-refractivity contribution in [2.45, 2.75) is 115 Å². The van der Waals surface area contributed by atoms with Gasteiger partial charge >= 0.3 is 0 Å². The highest BCUT2D eigenvalue weighted by Crippen LogP contribution is 2.20. The molecule has 2 aromatic rings. The summed E-state index contributed by atoms with van der Waals surface area (Å²) >= 11 is 1.45. The largest absolute Gasteiger partial charge is 0.394 e. The van der Waals surface area contributed by atoms with Crippen LogP contribution in [0.5, 0.6) is 0 Å². The Morgan fingerprint density at radius 3 is 2.24 bits per heavy atom. The molecule has 2 heterocycles. The predicted molar refractivity (Wildman–Crippen MR) is 223 cm³/mol. The number of amides is 7. The Morgan fingerprint density at radius 1 is 0.914 bits per heavy atom. The Balaban J connectivity index is 2.00. The van der Waals surface area contributed by atoms with Gasteiger partial charge in [-0.2, -0.15) is 11.8 Å². The molecule has 322 valence electrons. The van der Waals surface area contributed by atoms with Crippen LogP contribution in [-0.4, -0.2) is 124 Å². The maximum Gasteiger partial charge on any atom is 0.245 e. The zero-order valence-electron chi connectivity index (χ0n) is 34.3. The number of carbonyl (C=O) groups excluding carboxylic acids is 7. The second-order valence-electron chi connectivity index (χ2n) is 15.3. The van der Waals surface area contributed by atoms with Crippen LogP contribution in [0, 0.1) is 11.8 Å². The highest BCUT2D eigenvalue weighted by atomic mass is 32.2. The van der Waals surface area contributed by atoms with Gasteiger partial charge in [0.25, 0.3) is 0 Å². The van der Waals surface area contributed by atoms with E-state index in [-0.39, 0.29) is 31.8 Å². The second-order valence-corrected chi connectivity index (χ2v) is 16.5. The first-order valence-corrected chi connectivity index (χ1v) is 21.3. The number of primary amides is 1. The normalized spacial score (nSPS) is 23.4. The fraction of sp³-hybridized carbons (Fsp3) is 0.625. The standard InChI is InChI=1S/C40H63N9O8S/c1-6-24(4)35-39(56)47-34(23(2)3)38(55)46-31(20-32(42)51)36(53)45-29(40(57)49(5)26(22-50)11-9-16-41)14-10-17-58-18-15-33(52)44-30(37(54)48-35)19-25-21-43-28-13-8-7-12-27(25)28/h7-8,12-13,21,23-24,26,29-31,34-35,43,50H,6,9-11,14-20,22,41H2,1-5H3,(H2,42,51)(H,44,52)(H,45,53)(H,46,55)(H,47,56)(H,48,54)/t24-,26-,29-,30+,31-,34-,35-/m0/s1. The van der Waals surface area contributed by atoms with E-state index >= 15 is 0 Å². The zero-order valence-corrected chi connectivity index (χ0v) is 35.1. The molecule has 1 aliphatic heterocycles. The number of aliphatic hydroxyl groups is 1. The minimum atomic E-state index is -1.49. The van der Waals surface area contributed by atoms with E-state index in [1.807, 2.05) is 31.2 Å². The van der Waals surface area contributed by atoms with Crippen molar-refractivity contribution in [3.8, 4) is 0 Å². The van der Waals surface area contributed by atoms with Gasteiger partial charge < -0.3 is 53.0 Å². The highest BCUT2D eigenvalue weighted by Gasteiger charge is 2.36. The Morgan fingerprint density at radius 2 is 1.59 bits per heavy atom. The average Bonchev–Trinajstić information content (AvgIpc) is 3.60. The molecular weight excluding hydrogens is 767 g/mol. The van der Waals surface area contributed by atoms with Crippen LogP contribution in [-0.2, 0) is 40.0 Å². The topological polar surface area (TPSA) is 271 Å². The summed E-state index contributed by atoms with van der Waals surface area (Å²) in [6, 6.07) is 1.05. The third-order valence-corrected chi connectivity index (χ3v) is 11.6. The number of benzene rings is 1. The number of nitrogens with zero attached hydrogens (tertiary/aromatic N) is 1. The molecule has 18 heteroatoms. The third-order valence-electron chi connectivity index (χ3n) is 10.5. The monoisotopic (exact) mass is 829 g/mol. The summed E-state index contributed by atoms with van der Waals surface area (Å²) in [6.07, 6.45) is 3.46. The molecule has 1 saturated heterocycles. The molecule has 1 aromatic heterocycles. The van der Waals surface area contributed by atoms with Gasteiger partial charge in [-0.1, -0.05) is 52.3 Å². The average molecular weight is 830 g/mol. The van der Waals surface area contributed by atoms with Crippen LogP contribution < -0.4 is 38.1 Å². The number of hydrogen-bond acceptors (Lipinski definition) is 10. The lowest BCUT2D eigenvalue weighted by Crippen LogP contribution is -2.61. The quantitative estimate of drug-likeness (QED) is 0.132. The molecule has 0 unspecified atom stereocenters. The van der Waals surface area contributed by atoms with Crippen LogP contribution in [0.15, 0.2) is 30.5 Å². The molecule has 7 amide bonds. The van der Waals surface area contributed by atoms with Crippen molar-refractivity contribution in [3.63, 3.8) is 0 Å². The fourth-order valence-corrected chi connectivity index (χ4v) is 7.68. The van der Waals surface area contributed by atoms with Crippen molar-refractivity contribution >= 4 is 64.0 Å². The summed E-state index contributed by atoms with van der Waals surface area (Å²) < 4.78 is 0. The number of nitrogens with two attached hydrogens (primary N) is 2. The van der Waals surface area contributed by atoms with Crippen molar-refractivity contribution in [2.75, 3.05) is 31.7 Å². The first-order chi connectivity index (χ1) is 27.6. The van der Waals surface area contributed by atoms with Crippen molar-refractivity contribution in [1.29, 1.82) is 0 Å². The molecule has 1 fully saturated rings. The van der Waals surface area contributed by atoms with Crippen molar-refractivity contribution in [3.05, 3.63) is 36.0 Å². The number of likely N-dealkylation sites (N-methyl/N-ethyl adjacent to an activating group) is 1. The van der Waals surface area contributed by atoms with E-state index in [4.69, 9.17) is 11.5 Å². The summed E-state index contributed by atoms with van der Waals surface area (Å²) in [5, 5.41) is 24.7. The molecule has 17 nitrogen and oxygen atoms in total. The predicted octanol–water partition coefficient (Wildman–Crippen LogP) is 0.187. The van der Waals surface area contributed by atoms with Crippen molar-refractivity contribution in [2.24, 2.45) is 23.3 Å². The lowest BCUT2D eigenvalue weighted by atomic mass is 9.95. The number of hydrogen-bond donors (Lipinski definition) is 9. The number of thioether (sulfide) groups is 1. The van der Waals surface area contributed by atoms with E-state index in [1.54, 1.807) is 27.0 Å². The van der Waals surface area contributed by atoms with Gasteiger partial charge in [-0.3, -0.25) is 33.6 Å². The summed E-state index contributed by atoms with van der Waals surface area (Å²) in [5.74, 6) is -4.61. The van der Waals surface area contributed by atoms with E-state index in [2.05, 4.69) is 31.6 Å². The number of carbonyl (C=O) groups is 7. The summed E-state index contributed by atoms with van der Waals surface area (Å²) in [7, 11) is 1.52. The number of fused-ring (bicyclic) bond motifs is 1. The van der Waals surface area contributed by atoms with E-state index in [0.717, 1.165) is 16.5 Å². The highest BCUT2D eigenvalue weighted by molar-refractivity contribution is 7.99. The molecule has 0 saturated carbocycles. The maximum atomic E-state index is 14.1. The molecule has 0 spiro atoms. The molecule has 0 aliphatic carbocycles.